The first-order valence-corrected chi connectivity index (χ1v) is 8.33. The molecule has 0 aliphatic carbocycles. The molecule has 1 saturated heterocycles. The maximum Gasteiger partial charge on any atom is 0.197 e. The molecule has 5 heteroatoms. The first-order chi connectivity index (χ1) is 12.0. The van der Waals surface area contributed by atoms with Crippen molar-refractivity contribution in [2.45, 2.75) is 20.3 Å². The molecule has 25 heavy (non-hydrogen) atoms. The van der Waals surface area contributed by atoms with Crippen molar-refractivity contribution in [2.75, 3.05) is 13.1 Å². The molecule has 0 unspecified atom stereocenters. The Morgan fingerprint density at radius 3 is 2.20 bits per heavy atom. The van der Waals surface area contributed by atoms with Crippen molar-refractivity contribution >= 4 is 11.4 Å². The number of benzene rings is 2. The molecule has 0 aromatic heterocycles. The summed E-state index contributed by atoms with van der Waals surface area (Å²) in [7, 11) is 0. The molecule has 1 aliphatic rings. The quantitative estimate of drug-likeness (QED) is 0.393. The largest absolute Gasteiger partial charge is 0.504 e. The third kappa shape index (κ3) is 3.45. The van der Waals surface area contributed by atoms with Gasteiger partial charge in [0, 0.05) is 18.7 Å². The molecule has 0 bridgehead atoms. The molecule has 3 rings (SSSR count). The minimum absolute atomic E-state index is 0.134. The molecular weight excluding hydrogens is 316 g/mol. The summed E-state index contributed by atoms with van der Waals surface area (Å²) in [6.07, 6.45) is 0.968. The minimum atomic E-state index is -0.244. The van der Waals surface area contributed by atoms with Crippen LogP contribution in [0.25, 0.3) is 5.57 Å². The second-order valence-corrected chi connectivity index (χ2v) is 6.31. The number of hydrogen-bond acceptors (Lipinski definition) is 5. The van der Waals surface area contributed by atoms with E-state index in [0.717, 1.165) is 25.1 Å². The Labute approximate surface area is 147 Å². The summed E-state index contributed by atoms with van der Waals surface area (Å²) in [5.74, 6) is 0.0827. The number of nitrogens with one attached hydrogen (secondary N) is 2. The van der Waals surface area contributed by atoms with Crippen LogP contribution in [0.4, 0.5) is 0 Å². The highest BCUT2D eigenvalue weighted by molar-refractivity contribution is 6.29. The van der Waals surface area contributed by atoms with Crippen LogP contribution in [0.1, 0.15) is 33.5 Å². The number of aryl methyl sites for hydroxylation is 2. The number of allylic oxidation sites excluding steroid dienone is 1. The summed E-state index contributed by atoms with van der Waals surface area (Å²) in [6.45, 7) is 5.33. The van der Waals surface area contributed by atoms with Gasteiger partial charge in [0.05, 0.1) is 5.57 Å². The monoisotopic (exact) mass is 338 g/mol. The van der Waals surface area contributed by atoms with E-state index in [1.165, 1.54) is 12.1 Å². The third-order valence-electron chi connectivity index (χ3n) is 4.34. The zero-order valence-electron chi connectivity index (χ0n) is 14.4. The van der Waals surface area contributed by atoms with Crippen LogP contribution in [0.15, 0.2) is 42.2 Å². The second kappa shape index (κ2) is 6.89. The smallest absolute Gasteiger partial charge is 0.197 e. The molecule has 1 fully saturated rings. The number of phenolic OH excluding ortho intramolecular Hbond substituents is 2. The maximum absolute atomic E-state index is 13.2. The second-order valence-electron chi connectivity index (χ2n) is 6.31. The first kappa shape index (κ1) is 16.9. The van der Waals surface area contributed by atoms with Crippen molar-refractivity contribution in [3.8, 4) is 11.5 Å². The molecule has 2 aromatic rings. The van der Waals surface area contributed by atoms with Crippen LogP contribution >= 0.6 is 0 Å². The molecule has 1 heterocycles. The van der Waals surface area contributed by atoms with Crippen molar-refractivity contribution < 1.29 is 15.0 Å². The fourth-order valence-corrected chi connectivity index (χ4v) is 2.92. The Kier molecular flexibility index (Phi) is 4.65. The topological polar surface area (TPSA) is 81.6 Å². The number of carbonyl (C=O) groups excluding carboxylic acids is 1. The van der Waals surface area contributed by atoms with Gasteiger partial charge in [-0.15, -0.1) is 0 Å². The molecular formula is C20H22N2O3. The Morgan fingerprint density at radius 2 is 1.56 bits per heavy atom. The van der Waals surface area contributed by atoms with Gasteiger partial charge < -0.3 is 20.8 Å². The van der Waals surface area contributed by atoms with Crippen LogP contribution in [0, 0.1) is 13.8 Å². The van der Waals surface area contributed by atoms with Gasteiger partial charge in [0.15, 0.2) is 17.3 Å². The number of Topliss-reactive ketones (excluding diaryl/α,β-unsaturated/α-hetero) is 1. The van der Waals surface area contributed by atoms with Gasteiger partial charge in [-0.05, 0) is 43.5 Å². The van der Waals surface area contributed by atoms with Gasteiger partial charge in [0.1, 0.15) is 5.82 Å². The zero-order valence-corrected chi connectivity index (χ0v) is 14.4. The lowest BCUT2D eigenvalue weighted by Crippen LogP contribution is -2.37. The highest BCUT2D eigenvalue weighted by Gasteiger charge is 2.23. The SMILES string of the molecule is Cc1ccc(C(=O)C(=C2NCCCN2)c2cc(O)c(O)cc2C)cc1. The van der Waals surface area contributed by atoms with Gasteiger partial charge in [0.2, 0.25) is 0 Å². The normalized spacial score (nSPS) is 13.8. The standard InChI is InChI=1S/C20H22N2O3/c1-12-4-6-14(7-5-12)19(25)18(20-21-8-3-9-22-20)15-11-17(24)16(23)10-13(15)2/h4-7,10-11,21-24H,3,8-9H2,1-2H3. The van der Waals surface area contributed by atoms with Gasteiger partial charge >= 0.3 is 0 Å². The average Bonchev–Trinajstić information content (AvgIpc) is 2.61. The van der Waals surface area contributed by atoms with Gasteiger partial charge in [-0.3, -0.25) is 4.79 Å². The van der Waals surface area contributed by atoms with Gasteiger partial charge in [0.25, 0.3) is 0 Å². The molecule has 0 amide bonds. The lowest BCUT2D eigenvalue weighted by Gasteiger charge is -2.24. The molecule has 0 atom stereocenters. The fraction of sp³-hybridized carbons (Fsp3) is 0.250. The minimum Gasteiger partial charge on any atom is -0.504 e. The number of ketones is 1. The molecule has 1 aliphatic heterocycles. The molecule has 2 aromatic carbocycles. The number of hydrogen-bond donors (Lipinski definition) is 4. The number of carbonyl (C=O) groups is 1. The third-order valence-corrected chi connectivity index (χ3v) is 4.34. The molecule has 5 nitrogen and oxygen atoms in total. The summed E-state index contributed by atoms with van der Waals surface area (Å²) in [5.41, 5.74) is 3.44. The average molecular weight is 338 g/mol. The zero-order chi connectivity index (χ0) is 18.0. The summed E-state index contributed by atoms with van der Waals surface area (Å²) < 4.78 is 0. The molecule has 4 N–H and O–H groups in total. The van der Waals surface area contributed by atoms with Crippen LogP contribution in [0.2, 0.25) is 0 Å². The van der Waals surface area contributed by atoms with Crippen molar-refractivity contribution in [3.05, 3.63) is 64.5 Å². The van der Waals surface area contributed by atoms with E-state index in [-0.39, 0.29) is 17.3 Å². The van der Waals surface area contributed by atoms with E-state index in [1.54, 1.807) is 19.1 Å². The van der Waals surface area contributed by atoms with Crippen LogP contribution in [-0.2, 0) is 0 Å². The van der Waals surface area contributed by atoms with Crippen LogP contribution in [-0.4, -0.2) is 29.1 Å². The predicted octanol–water partition coefficient (Wildman–Crippen LogP) is 2.85. The van der Waals surface area contributed by atoms with Crippen molar-refractivity contribution in [1.29, 1.82) is 0 Å². The lowest BCUT2D eigenvalue weighted by atomic mass is 9.92. The number of aromatic hydroxyl groups is 2. The number of phenols is 2. The van der Waals surface area contributed by atoms with Gasteiger partial charge in [-0.25, -0.2) is 0 Å². The Hall–Kier alpha value is -2.95. The molecule has 0 spiro atoms. The first-order valence-electron chi connectivity index (χ1n) is 8.33. The van der Waals surface area contributed by atoms with Crippen molar-refractivity contribution in [2.24, 2.45) is 0 Å². The van der Waals surface area contributed by atoms with E-state index in [0.29, 0.717) is 28.1 Å². The summed E-state index contributed by atoms with van der Waals surface area (Å²) in [6, 6.07) is 10.3. The highest BCUT2D eigenvalue weighted by Crippen LogP contribution is 2.34. The van der Waals surface area contributed by atoms with Crippen LogP contribution in [0.3, 0.4) is 0 Å². The van der Waals surface area contributed by atoms with Gasteiger partial charge in [-0.2, -0.15) is 0 Å². The predicted molar refractivity (Wildman–Crippen MR) is 97.6 cm³/mol. The summed E-state index contributed by atoms with van der Waals surface area (Å²) >= 11 is 0. The van der Waals surface area contributed by atoms with E-state index in [1.807, 2.05) is 19.1 Å². The van der Waals surface area contributed by atoms with E-state index >= 15 is 0 Å². The maximum atomic E-state index is 13.2. The van der Waals surface area contributed by atoms with Crippen molar-refractivity contribution in [1.82, 2.24) is 10.6 Å². The Bertz CT molecular complexity index is 831. The van der Waals surface area contributed by atoms with Gasteiger partial charge in [-0.1, -0.05) is 29.8 Å². The molecule has 130 valence electrons. The fourth-order valence-electron chi connectivity index (χ4n) is 2.92. The van der Waals surface area contributed by atoms with Crippen LogP contribution < -0.4 is 10.6 Å². The Balaban J connectivity index is 2.15. The van der Waals surface area contributed by atoms with Crippen molar-refractivity contribution in [3.63, 3.8) is 0 Å². The lowest BCUT2D eigenvalue weighted by molar-refractivity contribution is 0.105. The van der Waals surface area contributed by atoms with Crippen LogP contribution in [0.5, 0.6) is 11.5 Å². The van der Waals surface area contributed by atoms with E-state index < -0.39 is 0 Å². The van der Waals surface area contributed by atoms with E-state index in [4.69, 9.17) is 0 Å². The highest BCUT2D eigenvalue weighted by atomic mass is 16.3. The molecule has 0 saturated carbocycles. The Morgan fingerprint density at radius 1 is 0.960 bits per heavy atom. The van der Waals surface area contributed by atoms with E-state index in [2.05, 4.69) is 10.6 Å². The van der Waals surface area contributed by atoms with E-state index in [9.17, 15) is 15.0 Å². The summed E-state index contributed by atoms with van der Waals surface area (Å²) in [5, 5.41) is 26.1. The number of rotatable bonds is 3. The molecule has 0 radical (unpaired) electrons. The summed E-state index contributed by atoms with van der Waals surface area (Å²) in [4.78, 5) is 13.2.